The molecular formula is C8H5ClFIO. The van der Waals surface area contributed by atoms with Gasteiger partial charge in [0.15, 0.2) is 0 Å². The molecule has 0 aliphatic rings. The predicted octanol–water partition coefficient (Wildman–Crippen LogP) is 3.12. The standard InChI is InChI=1S/C8H5ClFIO/c1-4-2-3-5(8(9)12)6(10)7(4)11/h2-3H,1H3. The van der Waals surface area contributed by atoms with E-state index in [1.807, 2.05) is 22.6 Å². The van der Waals surface area contributed by atoms with E-state index in [2.05, 4.69) is 0 Å². The van der Waals surface area contributed by atoms with Crippen molar-refractivity contribution in [3.63, 3.8) is 0 Å². The third kappa shape index (κ3) is 1.77. The summed E-state index contributed by atoms with van der Waals surface area (Å²) >= 11 is 6.99. The lowest BCUT2D eigenvalue weighted by Crippen LogP contribution is -1.98. The molecule has 1 nitrogen and oxygen atoms in total. The molecule has 1 aromatic carbocycles. The smallest absolute Gasteiger partial charge is 0.255 e. The summed E-state index contributed by atoms with van der Waals surface area (Å²) in [5.41, 5.74) is 0.737. The number of hydrogen-bond donors (Lipinski definition) is 0. The lowest BCUT2D eigenvalue weighted by atomic mass is 10.1. The van der Waals surface area contributed by atoms with Gasteiger partial charge in [-0.3, -0.25) is 4.79 Å². The van der Waals surface area contributed by atoms with Crippen molar-refractivity contribution in [2.45, 2.75) is 6.92 Å². The van der Waals surface area contributed by atoms with Crippen LogP contribution >= 0.6 is 34.2 Å². The Hall–Kier alpha value is -0.160. The van der Waals surface area contributed by atoms with Crippen LogP contribution in [0.5, 0.6) is 0 Å². The molecule has 4 heteroatoms. The first-order valence-electron chi connectivity index (χ1n) is 3.18. The summed E-state index contributed by atoms with van der Waals surface area (Å²) in [6.45, 7) is 1.77. The van der Waals surface area contributed by atoms with Crippen LogP contribution in [0.25, 0.3) is 0 Å². The molecule has 0 aromatic heterocycles. The van der Waals surface area contributed by atoms with Crippen LogP contribution in [0.4, 0.5) is 4.39 Å². The fourth-order valence-corrected chi connectivity index (χ4v) is 1.41. The summed E-state index contributed by atoms with van der Waals surface area (Å²) in [4.78, 5) is 10.7. The molecule has 1 rings (SSSR count). The number of carbonyl (C=O) groups is 1. The molecule has 64 valence electrons. The first-order chi connectivity index (χ1) is 5.54. The molecule has 0 saturated carbocycles. The van der Waals surface area contributed by atoms with E-state index < -0.39 is 11.1 Å². The minimum absolute atomic E-state index is 0.0633. The number of rotatable bonds is 1. The summed E-state index contributed by atoms with van der Waals surface area (Å²) in [6.07, 6.45) is 0. The fourth-order valence-electron chi connectivity index (χ4n) is 0.798. The van der Waals surface area contributed by atoms with E-state index in [1.165, 1.54) is 6.07 Å². The topological polar surface area (TPSA) is 17.1 Å². The van der Waals surface area contributed by atoms with Crippen molar-refractivity contribution >= 4 is 39.4 Å². The van der Waals surface area contributed by atoms with Crippen molar-refractivity contribution in [1.29, 1.82) is 0 Å². The van der Waals surface area contributed by atoms with Crippen molar-refractivity contribution in [2.75, 3.05) is 0 Å². The lowest BCUT2D eigenvalue weighted by Gasteiger charge is -2.02. The molecule has 0 spiro atoms. The van der Waals surface area contributed by atoms with E-state index >= 15 is 0 Å². The highest BCUT2D eigenvalue weighted by Gasteiger charge is 2.12. The molecule has 1 aromatic rings. The van der Waals surface area contributed by atoms with E-state index in [-0.39, 0.29) is 5.56 Å². The monoisotopic (exact) mass is 298 g/mol. The zero-order chi connectivity index (χ0) is 9.30. The molecule has 0 amide bonds. The Balaban J connectivity index is 3.36. The van der Waals surface area contributed by atoms with Crippen LogP contribution < -0.4 is 0 Å². The largest absolute Gasteiger partial charge is 0.275 e. The summed E-state index contributed by atoms with van der Waals surface area (Å²) in [5, 5.41) is -0.759. The molecule has 0 aliphatic heterocycles. The van der Waals surface area contributed by atoms with Crippen LogP contribution in [0.1, 0.15) is 15.9 Å². The van der Waals surface area contributed by atoms with Crippen LogP contribution in [0.3, 0.4) is 0 Å². The normalized spacial score (nSPS) is 10.0. The van der Waals surface area contributed by atoms with E-state index in [9.17, 15) is 9.18 Å². The van der Waals surface area contributed by atoms with Crippen LogP contribution in [-0.4, -0.2) is 5.24 Å². The first-order valence-corrected chi connectivity index (χ1v) is 4.64. The van der Waals surface area contributed by atoms with Gasteiger partial charge in [0.1, 0.15) is 5.82 Å². The van der Waals surface area contributed by atoms with Crippen molar-refractivity contribution in [3.05, 3.63) is 32.6 Å². The van der Waals surface area contributed by atoms with Gasteiger partial charge < -0.3 is 0 Å². The van der Waals surface area contributed by atoms with Gasteiger partial charge in [-0.05, 0) is 52.7 Å². The highest BCUT2D eigenvalue weighted by atomic mass is 127. The van der Waals surface area contributed by atoms with Crippen molar-refractivity contribution in [3.8, 4) is 0 Å². The molecule has 0 atom stereocenters. The SMILES string of the molecule is Cc1ccc(C(=O)Cl)c(F)c1I. The molecule has 0 N–H and O–H groups in total. The van der Waals surface area contributed by atoms with E-state index in [0.29, 0.717) is 3.57 Å². The highest BCUT2D eigenvalue weighted by molar-refractivity contribution is 14.1. The highest BCUT2D eigenvalue weighted by Crippen LogP contribution is 2.20. The van der Waals surface area contributed by atoms with Crippen LogP contribution in [0.2, 0.25) is 0 Å². The molecule has 0 saturated heterocycles. The average Bonchev–Trinajstić information content (AvgIpc) is 2.00. The number of carbonyl (C=O) groups excluding carboxylic acids is 1. The van der Waals surface area contributed by atoms with Crippen LogP contribution in [-0.2, 0) is 0 Å². The minimum Gasteiger partial charge on any atom is -0.275 e. The van der Waals surface area contributed by atoms with E-state index in [0.717, 1.165) is 5.56 Å². The van der Waals surface area contributed by atoms with Crippen molar-refractivity contribution in [1.82, 2.24) is 0 Å². The van der Waals surface area contributed by atoms with Crippen molar-refractivity contribution < 1.29 is 9.18 Å². The van der Waals surface area contributed by atoms with E-state index in [4.69, 9.17) is 11.6 Å². The zero-order valence-corrected chi connectivity index (χ0v) is 9.11. The molecule has 0 unspecified atom stereocenters. The fraction of sp³-hybridized carbons (Fsp3) is 0.125. The lowest BCUT2D eigenvalue weighted by molar-refractivity contribution is 0.107. The quantitative estimate of drug-likeness (QED) is 0.575. The number of halogens is 3. The molecular weight excluding hydrogens is 293 g/mol. The zero-order valence-electron chi connectivity index (χ0n) is 6.20. The Morgan fingerprint density at radius 1 is 1.58 bits per heavy atom. The Morgan fingerprint density at radius 3 is 2.67 bits per heavy atom. The van der Waals surface area contributed by atoms with Gasteiger partial charge in [0.2, 0.25) is 0 Å². The van der Waals surface area contributed by atoms with Gasteiger partial charge in [0, 0.05) is 0 Å². The summed E-state index contributed by atoms with van der Waals surface area (Å²) < 4.78 is 13.6. The maximum Gasteiger partial charge on any atom is 0.255 e. The van der Waals surface area contributed by atoms with Gasteiger partial charge in [-0.1, -0.05) is 6.07 Å². The second-order valence-electron chi connectivity index (χ2n) is 2.33. The Morgan fingerprint density at radius 2 is 2.17 bits per heavy atom. The Bertz CT molecular complexity index is 338. The summed E-state index contributed by atoms with van der Waals surface area (Å²) in [6, 6.07) is 3.06. The van der Waals surface area contributed by atoms with Crippen molar-refractivity contribution in [2.24, 2.45) is 0 Å². The van der Waals surface area contributed by atoms with Gasteiger partial charge in [-0.25, -0.2) is 4.39 Å². The number of aryl methyl sites for hydroxylation is 1. The molecule has 12 heavy (non-hydrogen) atoms. The Labute approximate surface area is 88.1 Å². The van der Waals surface area contributed by atoms with Crippen LogP contribution in [0.15, 0.2) is 12.1 Å². The third-order valence-corrected chi connectivity index (χ3v) is 3.02. The van der Waals surface area contributed by atoms with Gasteiger partial charge in [-0.15, -0.1) is 0 Å². The molecule has 0 bridgehead atoms. The predicted molar refractivity (Wildman–Crippen MR) is 54.0 cm³/mol. The summed E-state index contributed by atoms with van der Waals surface area (Å²) in [7, 11) is 0. The first kappa shape index (κ1) is 9.92. The third-order valence-electron chi connectivity index (χ3n) is 1.49. The van der Waals surface area contributed by atoms with Gasteiger partial charge in [0.05, 0.1) is 9.13 Å². The molecule has 0 fully saturated rings. The van der Waals surface area contributed by atoms with Gasteiger partial charge in [-0.2, -0.15) is 0 Å². The second kappa shape index (κ2) is 3.70. The summed E-state index contributed by atoms with van der Waals surface area (Å²) in [5.74, 6) is -0.532. The number of hydrogen-bond acceptors (Lipinski definition) is 1. The number of benzene rings is 1. The molecule has 0 radical (unpaired) electrons. The van der Waals surface area contributed by atoms with Gasteiger partial charge in [0.25, 0.3) is 5.24 Å². The molecule has 0 heterocycles. The minimum atomic E-state index is -0.759. The average molecular weight is 298 g/mol. The maximum atomic E-state index is 13.2. The maximum absolute atomic E-state index is 13.2. The molecule has 0 aliphatic carbocycles. The second-order valence-corrected chi connectivity index (χ2v) is 3.75. The van der Waals surface area contributed by atoms with Crippen LogP contribution in [0, 0.1) is 16.3 Å². The van der Waals surface area contributed by atoms with E-state index in [1.54, 1.807) is 13.0 Å². The van der Waals surface area contributed by atoms with Gasteiger partial charge >= 0.3 is 0 Å². The Kier molecular flexibility index (Phi) is 3.06.